The predicted octanol–water partition coefficient (Wildman–Crippen LogP) is 4.52. The van der Waals surface area contributed by atoms with Gasteiger partial charge in [-0.2, -0.15) is 0 Å². The third-order valence-electron chi connectivity index (χ3n) is 4.80. The zero-order valence-corrected chi connectivity index (χ0v) is 14.1. The van der Waals surface area contributed by atoms with Gasteiger partial charge in [0.2, 0.25) is 0 Å². The molecular weight excluding hydrogens is 303 g/mol. The first-order valence-corrected chi connectivity index (χ1v) is 8.81. The second-order valence-electron chi connectivity index (χ2n) is 6.39. The van der Waals surface area contributed by atoms with Crippen LogP contribution in [0.4, 0.5) is 0 Å². The average molecular weight is 327 g/mol. The Bertz CT molecular complexity index is 488. The standard InChI is InChI=1S/C17H24Cl2N2/c1-20-11-12-4-2-3-9-21(14-6-7-14)17(12)15-10-13(18)5-8-16(15)19/h5,8,10,12,14,17,20H,2-4,6-7,9,11H2,1H3. The number of rotatable bonds is 4. The lowest BCUT2D eigenvalue weighted by Gasteiger charge is -2.36. The summed E-state index contributed by atoms with van der Waals surface area (Å²) in [5.74, 6) is 0.606. The Morgan fingerprint density at radius 1 is 1.19 bits per heavy atom. The fraction of sp³-hybridized carbons (Fsp3) is 0.647. The summed E-state index contributed by atoms with van der Waals surface area (Å²) in [6.45, 7) is 2.23. The molecule has 3 rings (SSSR count). The minimum absolute atomic E-state index is 0.402. The van der Waals surface area contributed by atoms with Gasteiger partial charge in [-0.25, -0.2) is 0 Å². The highest BCUT2D eigenvalue weighted by Crippen LogP contribution is 2.44. The van der Waals surface area contributed by atoms with Gasteiger partial charge in [0.05, 0.1) is 0 Å². The van der Waals surface area contributed by atoms with Crippen molar-refractivity contribution in [1.82, 2.24) is 10.2 Å². The van der Waals surface area contributed by atoms with Crippen LogP contribution >= 0.6 is 23.2 Å². The van der Waals surface area contributed by atoms with E-state index in [1.165, 1.54) is 44.2 Å². The highest BCUT2D eigenvalue weighted by atomic mass is 35.5. The van der Waals surface area contributed by atoms with E-state index in [2.05, 4.69) is 16.3 Å². The van der Waals surface area contributed by atoms with Gasteiger partial charge >= 0.3 is 0 Å². The lowest BCUT2D eigenvalue weighted by molar-refractivity contribution is 0.145. The van der Waals surface area contributed by atoms with Gasteiger partial charge < -0.3 is 5.32 Å². The molecule has 1 saturated carbocycles. The minimum atomic E-state index is 0.402. The van der Waals surface area contributed by atoms with Gasteiger partial charge in [-0.15, -0.1) is 0 Å². The van der Waals surface area contributed by atoms with Crippen LogP contribution in [0.2, 0.25) is 10.0 Å². The first-order valence-electron chi connectivity index (χ1n) is 8.06. The van der Waals surface area contributed by atoms with E-state index in [0.29, 0.717) is 12.0 Å². The molecule has 1 saturated heterocycles. The third kappa shape index (κ3) is 3.56. The van der Waals surface area contributed by atoms with Crippen LogP contribution in [0.3, 0.4) is 0 Å². The normalized spacial score (nSPS) is 27.6. The number of likely N-dealkylation sites (tertiary alicyclic amines) is 1. The maximum atomic E-state index is 6.53. The van der Waals surface area contributed by atoms with Gasteiger partial charge in [-0.1, -0.05) is 29.6 Å². The average Bonchev–Trinajstić information content (AvgIpc) is 3.28. The topological polar surface area (TPSA) is 15.3 Å². The van der Waals surface area contributed by atoms with E-state index in [0.717, 1.165) is 22.6 Å². The van der Waals surface area contributed by atoms with E-state index in [9.17, 15) is 0 Å². The van der Waals surface area contributed by atoms with E-state index in [4.69, 9.17) is 23.2 Å². The van der Waals surface area contributed by atoms with Crippen molar-refractivity contribution in [2.24, 2.45) is 5.92 Å². The Labute approximate surface area is 137 Å². The Balaban J connectivity index is 1.98. The number of nitrogens with one attached hydrogen (secondary N) is 1. The van der Waals surface area contributed by atoms with Crippen molar-refractivity contribution >= 4 is 23.2 Å². The summed E-state index contributed by atoms with van der Waals surface area (Å²) in [4.78, 5) is 2.70. The molecule has 4 heteroatoms. The Kier molecular flexibility index (Phi) is 5.11. The number of benzene rings is 1. The van der Waals surface area contributed by atoms with Gasteiger partial charge in [0, 0.05) is 22.1 Å². The van der Waals surface area contributed by atoms with Crippen LogP contribution in [0.15, 0.2) is 18.2 Å². The molecule has 21 heavy (non-hydrogen) atoms. The molecule has 1 aromatic carbocycles. The van der Waals surface area contributed by atoms with Crippen molar-refractivity contribution in [2.45, 2.75) is 44.2 Å². The Hall–Kier alpha value is -0.280. The van der Waals surface area contributed by atoms with Crippen molar-refractivity contribution in [3.8, 4) is 0 Å². The largest absolute Gasteiger partial charge is 0.319 e. The molecule has 2 atom stereocenters. The van der Waals surface area contributed by atoms with E-state index in [1.54, 1.807) is 0 Å². The lowest BCUT2D eigenvalue weighted by atomic mass is 9.89. The first-order chi connectivity index (χ1) is 10.2. The van der Waals surface area contributed by atoms with Crippen LogP contribution in [-0.4, -0.2) is 31.1 Å². The molecular formula is C17H24Cl2N2. The van der Waals surface area contributed by atoms with E-state index in [1.807, 2.05) is 19.2 Å². The van der Waals surface area contributed by atoms with E-state index in [-0.39, 0.29) is 0 Å². The third-order valence-corrected chi connectivity index (χ3v) is 5.38. The summed E-state index contributed by atoms with van der Waals surface area (Å²) >= 11 is 12.8. The van der Waals surface area contributed by atoms with Crippen molar-refractivity contribution in [3.63, 3.8) is 0 Å². The molecule has 0 bridgehead atoms. The molecule has 2 aliphatic rings. The minimum Gasteiger partial charge on any atom is -0.319 e. The molecule has 1 heterocycles. The van der Waals surface area contributed by atoms with Gasteiger partial charge in [-0.05, 0) is 75.5 Å². The highest BCUT2D eigenvalue weighted by molar-refractivity contribution is 6.33. The smallest absolute Gasteiger partial charge is 0.0455 e. The van der Waals surface area contributed by atoms with Crippen LogP contribution in [0.25, 0.3) is 0 Å². The molecule has 2 unspecified atom stereocenters. The number of hydrogen-bond donors (Lipinski definition) is 1. The molecule has 0 aromatic heterocycles. The Morgan fingerprint density at radius 3 is 2.71 bits per heavy atom. The maximum absolute atomic E-state index is 6.53. The van der Waals surface area contributed by atoms with Crippen molar-refractivity contribution in [1.29, 1.82) is 0 Å². The summed E-state index contributed by atoms with van der Waals surface area (Å²) in [7, 11) is 2.04. The molecule has 1 aliphatic carbocycles. The van der Waals surface area contributed by atoms with Crippen molar-refractivity contribution in [3.05, 3.63) is 33.8 Å². The quantitative estimate of drug-likeness (QED) is 0.875. The molecule has 2 nitrogen and oxygen atoms in total. The molecule has 0 amide bonds. The summed E-state index contributed by atoms with van der Waals surface area (Å²) in [6, 6.07) is 7.07. The van der Waals surface area contributed by atoms with Crippen molar-refractivity contribution < 1.29 is 0 Å². The van der Waals surface area contributed by atoms with Crippen LogP contribution in [0, 0.1) is 5.92 Å². The van der Waals surface area contributed by atoms with Gasteiger partial charge in [0.25, 0.3) is 0 Å². The molecule has 116 valence electrons. The Morgan fingerprint density at radius 2 is 2.00 bits per heavy atom. The van der Waals surface area contributed by atoms with Gasteiger partial charge in [0.1, 0.15) is 0 Å². The fourth-order valence-corrected chi connectivity index (χ4v) is 4.14. The van der Waals surface area contributed by atoms with Crippen LogP contribution < -0.4 is 5.32 Å². The van der Waals surface area contributed by atoms with Crippen LogP contribution in [0.1, 0.15) is 43.7 Å². The zero-order chi connectivity index (χ0) is 14.8. The maximum Gasteiger partial charge on any atom is 0.0455 e. The molecule has 2 fully saturated rings. The predicted molar refractivity (Wildman–Crippen MR) is 90.2 cm³/mol. The SMILES string of the molecule is CNCC1CCCCN(C2CC2)C1c1cc(Cl)ccc1Cl. The lowest BCUT2D eigenvalue weighted by Crippen LogP contribution is -2.38. The summed E-state index contributed by atoms with van der Waals surface area (Å²) < 4.78 is 0. The molecule has 0 radical (unpaired) electrons. The van der Waals surface area contributed by atoms with Crippen LogP contribution in [0.5, 0.6) is 0 Å². The number of hydrogen-bond acceptors (Lipinski definition) is 2. The van der Waals surface area contributed by atoms with Crippen LogP contribution in [-0.2, 0) is 0 Å². The van der Waals surface area contributed by atoms with Gasteiger partial charge in [-0.3, -0.25) is 4.90 Å². The molecule has 1 aromatic rings. The number of nitrogens with zero attached hydrogens (tertiary/aromatic N) is 1. The summed E-state index contributed by atoms with van der Waals surface area (Å²) in [5, 5.41) is 5.02. The molecule has 1 N–H and O–H groups in total. The van der Waals surface area contributed by atoms with Crippen molar-refractivity contribution in [2.75, 3.05) is 20.1 Å². The van der Waals surface area contributed by atoms with E-state index >= 15 is 0 Å². The first kappa shape index (κ1) is 15.6. The second-order valence-corrected chi connectivity index (χ2v) is 7.24. The van der Waals surface area contributed by atoms with Gasteiger partial charge in [0.15, 0.2) is 0 Å². The summed E-state index contributed by atoms with van der Waals surface area (Å²) in [6.07, 6.45) is 6.54. The fourth-order valence-electron chi connectivity index (χ4n) is 3.73. The zero-order valence-electron chi connectivity index (χ0n) is 12.6. The van der Waals surface area contributed by atoms with E-state index < -0.39 is 0 Å². The monoisotopic (exact) mass is 326 g/mol. The molecule has 0 spiro atoms. The highest BCUT2D eigenvalue weighted by Gasteiger charge is 2.39. The molecule has 1 aliphatic heterocycles. The summed E-state index contributed by atoms with van der Waals surface area (Å²) in [5.41, 5.74) is 1.22. The number of halogens is 2. The second kappa shape index (κ2) is 6.87.